The first-order valence-corrected chi connectivity index (χ1v) is 9.02. The molecule has 2 amide bonds. The molecular formula is C18H27N3O4. The van der Waals surface area contributed by atoms with Crippen molar-refractivity contribution < 1.29 is 18.7 Å². The van der Waals surface area contributed by atoms with Crippen LogP contribution < -0.4 is 10.6 Å². The lowest BCUT2D eigenvalue weighted by Gasteiger charge is -2.33. The van der Waals surface area contributed by atoms with E-state index in [-0.39, 0.29) is 29.6 Å². The molecule has 1 aromatic rings. The molecule has 2 atom stereocenters. The van der Waals surface area contributed by atoms with Gasteiger partial charge in [-0.3, -0.25) is 14.5 Å². The summed E-state index contributed by atoms with van der Waals surface area (Å²) in [6, 6.07) is 3.32. The topological polar surface area (TPSA) is 83.8 Å². The lowest BCUT2D eigenvalue weighted by molar-refractivity contribution is -0.125. The highest BCUT2D eigenvalue weighted by molar-refractivity contribution is 5.95. The Balaban J connectivity index is 1.49. The van der Waals surface area contributed by atoms with Crippen molar-refractivity contribution in [2.45, 2.75) is 44.9 Å². The van der Waals surface area contributed by atoms with E-state index in [9.17, 15) is 9.59 Å². The summed E-state index contributed by atoms with van der Waals surface area (Å²) < 4.78 is 10.8. The van der Waals surface area contributed by atoms with E-state index in [1.165, 1.54) is 19.1 Å². The highest BCUT2D eigenvalue weighted by Gasteiger charge is 2.33. The van der Waals surface area contributed by atoms with E-state index >= 15 is 0 Å². The van der Waals surface area contributed by atoms with Gasteiger partial charge >= 0.3 is 0 Å². The van der Waals surface area contributed by atoms with Crippen LogP contribution in [0.5, 0.6) is 0 Å². The molecule has 138 valence electrons. The molecule has 0 aromatic carbocycles. The van der Waals surface area contributed by atoms with Crippen LogP contribution in [0.1, 0.15) is 37.2 Å². The number of nitrogens with zero attached hydrogens (tertiary/aromatic N) is 1. The Kier molecular flexibility index (Phi) is 5.75. The Labute approximate surface area is 148 Å². The number of nitrogens with one attached hydrogen (secondary N) is 2. The first-order valence-electron chi connectivity index (χ1n) is 9.02. The average molecular weight is 349 g/mol. The van der Waals surface area contributed by atoms with Crippen LogP contribution in [-0.2, 0) is 9.53 Å². The summed E-state index contributed by atoms with van der Waals surface area (Å²) in [5.41, 5.74) is 0. The van der Waals surface area contributed by atoms with Crippen molar-refractivity contribution in [1.29, 1.82) is 0 Å². The molecule has 7 nitrogen and oxygen atoms in total. The van der Waals surface area contributed by atoms with E-state index in [0.29, 0.717) is 19.2 Å². The fourth-order valence-electron chi connectivity index (χ4n) is 3.12. The third-order valence-electron chi connectivity index (χ3n) is 4.72. The predicted molar refractivity (Wildman–Crippen MR) is 92.1 cm³/mol. The largest absolute Gasteiger partial charge is 0.459 e. The van der Waals surface area contributed by atoms with Gasteiger partial charge in [0.2, 0.25) is 5.91 Å². The number of hydrogen-bond donors (Lipinski definition) is 2. The molecule has 0 bridgehead atoms. The Bertz CT molecular complexity index is 583. The maximum Gasteiger partial charge on any atom is 0.287 e. The average Bonchev–Trinajstić information content (AvgIpc) is 3.31. The normalized spacial score (nSPS) is 22.6. The van der Waals surface area contributed by atoms with Gasteiger partial charge in [0, 0.05) is 25.7 Å². The molecule has 1 aliphatic heterocycles. The SMILES string of the molecule is CC(C)[C@H](NC(=O)c1ccco1)C(=O)NC[C@@H]1CN(C2CC2)CCO1. The highest BCUT2D eigenvalue weighted by Crippen LogP contribution is 2.28. The molecule has 1 aromatic heterocycles. The summed E-state index contributed by atoms with van der Waals surface area (Å²) in [6.07, 6.45) is 3.98. The Morgan fingerprint density at radius 1 is 1.36 bits per heavy atom. The summed E-state index contributed by atoms with van der Waals surface area (Å²) in [5, 5.41) is 5.68. The Morgan fingerprint density at radius 3 is 2.80 bits per heavy atom. The van der Waals surface area contributed by atoms with E-state index in [4.69, 9.17) is 9.15 Å². The van der Waals surface area contributed by atoms with Crippen LogP contribution >= 0.6 is 0 Å². The molecular weight excluding hydrogens is 322 g/mol. The molecule has 2 fully saturated rings. The van der Waals surface area contributed by atoms with E-state index in [1.807, 2.05) is 13.8 Å². The number of carbonyl (C=O) groups excluding carboxylic acids is 2. The molecule has 0 unspecified atom stereocenters. The van der Waals surface area contributed by atoms with Gasteiger partial charge in [-0.1, -0.05) is 13.8 Å². The summed E-state index contributed by atoms with van der Waals surface area (Å²) in [4.78, 5) is 27.1. The van der Waals surface area contributed by atoms with Gasteiger partial charge in [0.15, 0.2) is 5.76 Å². The maximum absolute atomic E-state index is 12.5. The van der Waals surface area contributed by atoms with Crippen LogP contribution in [-0.4, -0.2) is 61.1 Å². The zero-order chi connectivity index (χ0) is 17.8. The second kappa shape index (κ2) is 8.01. The molecule has 2 heterocycles. The van der Waals surface area contributed by atoms with Crippen LogP contribution in [0, 0.1) is 5.92 Å². The molecule has 25 heavy (non-hydrogen) atoms. The van der Waals surface area contributed by atoms with Crippen LogP contribution in [0.4, 0.5) is 0 Å². The third kappa shape index (κ3) is 4.83. The molecule has 1 saturated carbocycles. The third-order valence-corrected chi connectivity index (χ3v) is 4.72. The van der Waals surface area contributed by atoms with E-state index < -0.39 is 6.04 Å². The van der Waals surface area contributed by atoms with Gasteiger partial charge in [0.1, 0.15) is 6.04 Å². The van der Waals surface area contributed by atoms with Gasteiger partial charge in [-0.15, -0.1) is 0 Å². The summed E-state index contributed by atoms with van der Waals surface area (Å²) >= 11 is 0. The fraction of sp³-hybridized carbons (Fsp3) is 0.667. The summed E-state index contributed by atoms with van der Waals surface area (Å²) in [7, 11) is 0. The fourth-order valence-corrected chi connectivity index (χ4v) is 3.12. The van der Waals surface area contributed by atoms with Crippen molar-refractivity contribution >= 4 is 11.8 Å². The molecule has 1 aliphatic carbocycles. The predicted octanol–water partition coefficient (Wildman–Crippen LogP) is 1.01. The number of carbonyl (C=O) groups is 2. The van der Waals surface area contributed by atoms with Crippen LogP contribution in [0.25, 0.3) is 0 Å². The monoisotopic (exact) mass is 349 g/mol. The minimum atomic E-state index is -0.610. The van der Waals surface area contributed by atoms with Crippen LogP contribution in [0.15, 0.2) is 22.8 Å². The van der Waals surface area contributed by atoms with E-state index in [0.717, 1.165) is 13.1 Å². The second-order valence-electron chi connectivity index (χ2n) is 7.14. The zero-order valence-electron chi connectivity index (χ0n) is 14.9. The molecule has 0 spiro atoms. The van der Waals surface area contributed by atoms with Gasteiger partial charge in [-0.05, 0) is 30.9 Å². The first-order chi connectivity index (χ1) is 12.0. The number of hydrogen-bond acceptors (Lipinski definition) is 5. The standard InChI is InChI=1S/C18H27N3O4/c1-12(2)16(20-17(22)15-4-3-8-25-15)18(23)19-10-14-11-21(7-9-24-14)13-5-6-13/h3-4,8,12-14,16H,5-7,9-11H2,1-2H3,(H,19,23)(H,20,22)/t14-,16+/m1/s1. The number of furan rings is 1. The van der Waals surface area contributed by atoms with E-state index in [2.05, 4.69) is 15.5 Å². The van der Waals surface area contributed by atoms with Crippen molar-refractivity contribution in [2.75, 3.05) is 26.2 Å². The number of ether oxygens (including phenoxy) is 1. The van der Waals surface area contributed by atoms with Crippen LogP contribution in [0.2, 0.25) is 0 Å². The number of morpholine rings is 1. The molecule has 1 saturated heterocycles. The van der Waals surface area contributed by atoms with Gasteiger partial charge in [-0.25, -0.2) is 0 Å². The zero-order valence-corrected chi connectivity index (χ0v) is 14.9. The minimum absolute atomic E-state index is 0.00638. The molecule has 2 N–H and O–H groups in total. The number of amides is 2. The lowest BCUT2D eigenvalue weighted by Crippen LogP contribution is -2.53. The van der Waals surface area contributed by atoms with Crippen molar-refractivity contribution in [1.82, 2.24) is 15.5 Å². The van der Waals surface area contributed by atoms with Crippen molar-refractivity contribution in [3.05, 3.63) is 24.2 Å². The smallest absolute Gasteiger partial charge is 0.287 e. The van der Waals surface area contributed by atoms with Gasteiger partial charge < -0.3 is 19.8 Å². The number of rotatable bonds is 7. The van der Waals surface area contributed by atoms with E-state index in [1.54, 1.807) is 12.1 Å². The van der Waals surface area contributed by atoms with Gasteiger partial charge in [0.05, 0.1) is 19.0 Å². The highest BCUT2D eigenvalue weighted by atomic mass is 16.5. The summed E-state index contributed by atoms with van der Waals surface area (Å²) in [6.45, 7) is 6.80. The second-order valence-corrected chi connectivity index (χ2v) is 7.14. The van der Waals surface area contributed by atoms with Crippen LogP contribution in [0.3, 0.4) is 0 Å². The Hall–Kier alpha value is -1.86. The maximum atomic E-state index is 12.5. The molecule has 2 aliphatic rings. The van der Waals surface area contributed by atoms with Crippen molar-refractivity contribution in [2.24, 2.45) is 5.92 Å². The summed E-state index contributed by atoms with van der Waals surface area (Å²) in [5.74, 6) is -0.405. The van der Waals surface area contributed by atoms with Gasteiger partial charge in [-0.2, -0.15) is 0 Å². The molecule has 3 rings (SSSR count). The lowest BCUT2D eigenvalue weighted by atomic mass is 10.0. The van der Waals surface area contributed by atoms with Crippen molar-refractivity contribution in [3.63, 3.8) is 0 Å². The quantitative estimate of drug-likeness (QED) is 0.768. The first kappa shape index (κ1) is 17.9. The van der Waals surface area contributed by atoms with Gasteiger partial charge in [0.25, 0.3) is 5.91 Å². The Morgan fingerprint density at radius 2 is 2.16 bits per heavy atom. The van der Waals surface area contributed by atoms with Crippen molar-refractivity contribution in [3.8, 4) is 0 Å². The minimum Gasteiger partial charge on any atom is -0.459 e. The molecule has 7 heteroatoms. The molecule has 0 radical (unpaired) electrons.